The largest absolute Gasteiger partial charge is 0.497 e. The van der Waals surface area contributed by atoms with Crippen molar-refractivity contribution in [3.63, 3.8) is 0 Å². The van der Waals surface area contributed by atoms with Crippen molar-refractivity contribution >= 4 is 5.57 Å². The first-order valence-electron chi connectivity index (χ1n) is 10.1. The highest BCUT2D eigenvalue weighted by Crippen LogP contribution is 2.33. The molecule has 0 spiro atoms. The molecular formula is C23H23F2N3O4. The topological polar surface area (TPSA) is 69.9 Å². The number of methoxy groups -OCH3 is 2. The van der Waals surface area contributed by atoms with E-state index in [2.05, 4.69) is 31.9 Å². The van der Waals surface area contributed by atoms with Crippen LogP contribution in [0.2, 0.25) is 0 Å². The first kappa shape index (κ1) is 21.8. The van der Waals surface area contributed by atoms with E-state index in [1.807, 2.05) is 18.2 Å². The molecule has 3 aromatic rings. The van der Waals surface area contributed by atoms with Crippen molar-refractivity contribution in [2.75, 3.05) is 27.3 Å². The van der Waals surface area contributed by atoms with Crippen LogP contribution < -0.4 is 14.2 Å². The van der Waals surface area contributed by atoms with Gasteiger partial charge in [0.15, 0.2) is 11.5 Å². The normalized spacial score (nSPS) is 14.3. The van der Waals surface area contributed by atoms with Crippen LogP contribution in [0.15, 0.2) is 53.1 Å². The fraction of sp³-hybridized carbons (Fsp3) is 0.304. The molecule has 1 aliphatic rings. The van der Waals surface area contributed by atoms with E-state index in [4.69, 9.17) is 14.0 Å². The summed E-state index contributed by atoms with van der Waals surface area (Å²) in [4.78, 5) is 6.65. The molecular weight excluding hydrogens is 420 g/mol. The number of rotatable bonds is 8. The minimum absolute atomic E-state index is 0.0538. The second-order valence-corrected chi connectivity index (χ2v) is 7.20. The van der Waals surface area contributed by atoms with Gasteiger partial charge in [-0.05, 0) is 47.9 Å². The van der Waals surface area contributed by atoms with Crippen LogP contribution in [0, 0.1) is 0 Å². The highest BCUT2D eigenvalue weighted by molar-refractivity contribution is 5.67. The Hall–Kier alpha value is -3.46. The second kappa shape index (κ2) is 9.78. The minimum atomic E-state index is -2.94. The van der Waals surface area contributed by atoms with Gasteiger partial charge in [-0.1, -0.05) is 23.4 Å². The van der Waals surface area contributed by atoms with Crippen molar-refractivity contribution in [1.29, 1.82) is 0 Å². The summed E-state index contributed by atoms with van der Waals surface area (Å²) < 4.78 is 45.3. The molecule has 0 N–H and O–H groups in total. The van der Waals surface area contributed by atoms with Crippen molar-refractivity contribution in [3.8, 4) is 28.6 Å². The Kier molecular flexibility index (Phi) is 6.65. The van der Waals surface area contributed by atoms with Crippen LogP contribution in [0.25, 0.3) is 17.0 Å². The Morgan fingerprint density at radius 2 is 1.94 bits per heavy atom. The Bertz CT molecular complexity index is 1100. The Morgan fingerprint density at radius 1 is 1.06 bits per heavy atom. The van der Waals surface area contributed by atoms with E-state index in [0.29, 0.717) is 23.8 Å². The maximum atomic E-state index is 12.5. The molecule has 2 heterocycles. The summed E-state index contributed by atoms with van der Waals surface area (Å²) in [6.45, 7) is -0.806. The molecule has 4 rings (SSSR count). The van der Waals surface area contributed by atoms with Crippen LogP contribution in [0.5, 0.6) is 17.2 Å². The van der Waals surface area contributed by atoms with Gasteiger partial charge < -0.3 is 18.7 Å². The summed E-state index contributed by atoms with van der Waals surface area (Å²) >= 11 is 0. The van der Waals surface area contributed by atoms with Gasteiger partial charge >= 0.3 is 6.61 Å². The van der Waals surface area contributed by atoms with Crippen molar-refractivity contribution in [2.45, 2.75) is 19.6 Å². The van der Waals surface area contributed by atoms with Gasteiger partial charge in [0.1, 0.15) is 5.75 Å². The van der Waals surface area contributed by atoms with Gasteiger partial charge in [0, 0.05) is 18.7 Å². The van der Waals surface area contributed by atoms with E-state index >= 15 is 0 Å². The van der Waals surface area contributed by atoms with Gasteiger partial charge in [0.25, 0.3) is 0 Å². The number of halogens is 2. The molecule has 168 valence electrons. The van der Waals surface area contributed by atoms with Crippen LogP contribution in [0.1, 0.15) is 17.9 Å². The fourth-order valence-electron chi connectivity index (χ4n) is 3.57. The zero-order chi connectivity index (χ0) is 22.5. The number of hydrogen-bond donors (Lipinski definition) is 0. The quantitative estimate of drug-likeness (QED) is 0.502. The number of nitrogens with zero attached hydrogens (tertiary/aromatic N) is 3. The van der Waals surface area contributed by atoms with Gasteiger partial charge in [-0.3, -0.25) is 4.90 Å². The Labute approximate surface area is 184 Å². The highest BCUT2D eigenvalue weighted by atomic mass is 19.3. The molecule has 1 aromatic heterocycles. The summed E-state index contributed by atoms with van der Waals surface area (Å²) in [6, 6.07) is 12.6. The lowest BCUT2D eigenvalue weighted by Crippen LogP contribution is -2.28. The lowest BCUT2D eigenvalue weighted by molar-refractivity contribution is -0.0512. The molecule has 0 amide bonds. The summed E-state index contributed by atoms with van der Waals surface area (Å²) in [7, 11) is 3.04. The highest BCUT2D eigenvalue weighted by Gasteiger charge is 2.18. The van der Waals surface area contributed by atoms with Gasteiger partial charge in [0.2, 0.25) is 11.7 Å². The molecule has 0 atom stereocenters. The minimum Gasteiger partial charge on any atom is -0.497 e. The van der Waals surface area contributed by atoms with E-state index in [-0.39, 0.29) is 11.5 Å². The van der Waals surface area contributed by atoms with Crippen molar-refractivity contribution in [3.05, 3.63) is 60.0 Å². The average Bonchev–Trinajstić information content (AvgIpc) is 3.28. The number of hydrogen-bond acceptors (Lipinski definition) is 7. The number of aromatic nitrogens is 2. The third-order valence-corrected chi connectivity index (χ3v) is 5.20. The van der Waals surface area contributed by atoms with Crippen molar-refractivity contribution in [1.82, 2.24) is 15.0 Å². The molecule has 0 saturated heterocycles. The van der Waals surface area contributed by atoms with Gasteiger partial charge in [0.05, 0.1) is 20.8 Å². The summed E-state index contributed by atoms with van der Waals surface area (Å²) in [5, 5.41) is 4.01. The predicted octanol–water partition coefficient (Wildman–Crippen LogP) is 4.64. The second-order valence-electron chi connectivity index (χ2n) is 7.20. The zero-order valence-corrected chi connectivity index (χ0v) is 17.8. The maximum Gasteiger partial charge on any atom is 0.387 e. The number of ether oxygens (including phenoxy) is 3. The third kappa shape index (κ3) is 5.05. The third-order valence-electron chi connectivity index (χ3n) is 5.20. The molecule has 1 aliphatic heterocycles. The number of alkyl halides is 2. The monoisotopic (exact) mass is 443 g/mol. The predicted molar refractivity (Wildman–Crippen MR) is 114 cm³/mol. The number of benzene rings is 2. The van der Waals surface area contributed by atoms with E-state index in [1.165, 1.54) is 24.8 Å². The van der Waals surface area contributed by atoms with Crippen LogP contribution in [-0.2, 0) is 6.54 Å². The molecule has 0 saturated carbocycles. The SMILES string of the molecule is COc1cccc(C2=CCN(Cc3nc(-c4ccc(OC(F)F)c(OC)c4)no3)CC2)c1. The molecule has 2 aromatic carbocycles. The van der Waals surface area contributed by atoms with Crippen LogP contribution in [0.4, 0.5) is 8.78 Å². The van der Waals surface area contributed by atoms with Gasteiger partial charge in [-0.25, -0.2) is 0 Å². The van der Waals surface area contributed by atoms with E-state index < -0.39 is 6.61 Å². The lowest BCUT2D eigenvalue weighted by atomic mass is 9.99. The van der Waals surface area contributed by atoms with E-state index in [1.54, 1.807) is 13.2 Å². The molecule has 0 aliphatic carbocycles. The first-order chi connectivity index (χ1) is 15.6. The smallest absolute Gasteiger partial charge is 0.387 e. The Balaban J connectivity index is 1.41. The van der Waals surface area contributed by atoms with Crippen molar-refractivity contribution < 1.29 is 27.5 Å². The molecule has 0 unspecified atom stereocenters. The Morgan fingerprint density at radius 3 is 2.66 bits per heavy atom. The standard InChI is InChI=1S/C23H23F2N3O4/c1-29-18-5-3-4-16(12-18)15-8-10-28(11-9-15)14-21-26-22(27-32-21)17-6-7-19(31-23(24)25)20(13-17)30-2/h3-8,12-13,23H,9-11,14H2,1-2H3. The van der Waals surface area contributed by atoms with Crippen LogP contribution in [0.3, 0.4) is 0 Å². The molecule has 32 heavy (non-hydrogen) atoms. The van der Waals surface area contributed by atoms with Crippen LogP contribution >= 0.6 is 0 Å². The molecule has 0 radical (unpaired) electrons. The molecule has 7 nitrogen and oxygen atoms in total. The maximum absolute atomic E-state index is 12.5. The first-order valence-corrected chi connectivity index (χ1v) is 10.1. The summed E-state index contributed by atoms with van der Waals surface area (Å²) in [5.41, 5.74) is 3.03. The lowest BCUT2D eigenvalue weighted by Gasteiger charge is -2.25. The van der Waals surface area contributed by atoms with Gasteiger partial charge in [-0.2, -0.15) is 13.8 Å². The molecule has 0 bridgehead atoms. The van der Waals surface area contributed by atoms with Gasteiger partial charge in [-0.15, -0.1) is 0 Å². The molecule has 9 heteroatoms. The summed E-state index contributed by atoms with van der Waals surface area (Å²) in [6.07, 6.45) is 3.10. The fourth-order valence-corrected chi connectivity index (χ4v) is 3.57. The van der Waals surface area contributed by atoms with E-state index in [9.17, 15) is 8.78 Å². The average molecular weight is 443 g/mol. The zero-order valence-electron chi connectivity index (χ0n) is 17.8. The van der Waals surface area contributed by atoms with E-state index in [0.717, 1.165) is 30.8 Å². The van der Waals surface area contributed by atoms with Crippen molar-refractivity contribution in [2.24, 2.45) is 0 Å². The van der Waals surface area contributed by atoms with Crippen LogP contribution in [-0.4, -0.2) is 49.0 Å². The summed E-state index contributed by atoms with van der Waals surface area (Å²) in [5.74, 6) is 1.79. The molecule has 0 fully saturated rings.